The molecular formula is C16H18ClN. The standard InChI is InChI=1S/C16H17N.ClH/c1-16-13-8-4-2-6-11(13)10-15(17-16)12-7-3-5-9-14(12)16;/h2-8,14-15,17H,9-10H2,1H3;1H. The molecule has 3 atom stereocenters. The Bertz CT molecular complexity index is 546. The van der Waals surface area contributed by atoms with Gasteiger partial charge in [0.25, 0.3) is 0 Å². The van der Waals surface area contributed by atoms with Crippen LogP contribution in [-0.2, 0) is 12.0 Å². The van der Waals surface area contributed by atoms with E-state index in [1.807, 2.05) is 0 Å². The Hall–Kier alpha value is -1.05. The van der Waals surface area contributed by atoms with Gasteiger partial charge in [0.1, 0.15) is 0 Å². The largest absolute Gasteiger partial charge is 0.300 e. The lowest BCUT2D eigenvalue weighted by Crippen LogP contribution is -2.46. The Kier molecular flexibility index (Phi) is 2.65. The van der Waals surface area contributed by atoms with Crippen molar-refractivity contribution in [3.05, 3.63) is 59.2 Å². The molecular weight excluding hydrogens is 242 g/mol. The highest BCUT2D eigenvalue weighted by Crippen LogP contribution is 2.50. The van der Waals surface area contributed by atoms with E-state index in [9.17, 15) is 0 Å². The molecule has 0 amide bonds. The second-order valence-corrected chi connectivity index (χ2v) is 5.64. The maximum absolute atomic E-state index is 3.86. The zero-order chi connectivity index (χ0) is 11.5. The number of nitrogens with one attached hydrogen (secondary N) is 1. The van der Waals surface area contributed by atoms with Crippen molar-refractivity contribution in [3.63, 3.8) is 0 Å². The van der Waals surface area contributed by atoms with Crippen molar-refractivity contribution in [2.45, 2.75) is 31.3 Å². The van der Waals surface area contributed by atoms with E-state index in [1.54, 1.807) is 5.57 Å². The summed E-state index contributed by atoms with van der Waals surface area (Å²) in [7, 11) is 0. The molecule has 1 fully saturated rings. The lowest BCUT2D eigenvalue weighted by atomic mass is 9.76. The van der Waals surface area contributed by atoms with Crippen LogP contribution in [0.5, 0.6) is 0 Å². The average molecular weight is 260 g/mol. The summed E-state index contributed by atoms with van der Waals surface area (Å²) < 4.78 is 0. The fraction of sp³-hybridized carbons (Fsp3) is 0.375. The summed E-state index contributed by atoms with van der Waals surface area (Å²) in [5, 5.41) is 3.86. The predicted molar refractivity (Wildman–Crippen MR) is 77.0 cm³/mol. The van der Waals surface area contributed by atoms with Crippen molar-refractivity contribution in [2.75, 3.05) is 0 Å². The van der Waals surface area contributed by atoms with Gasteiger partial charge in [-0.25, -0.2) is 0 Å². The Morgan fingerprint density at radius 1 is 1.28 bits per heavy atom. The fourth-order valence-electron chi connectivity index (χ4n) is 3.98. The summed E-state index contributed by atoms with van der Waals surface area (Å²) >= 11 is 0. The van der Waals surface area contributed by atoms with Crippen LogP contribution in [0.25, 0.3) is 0 Å². The second-order valence-electron chi connectivity index (χ2n) is 5.64. The number of hydrogen-bond acceptors (Lipinski definition) is 1. The number of benzene rings is 1. The number of rotatable bonds is 0. The van der Waals surface area contributed by atoms with Gasteiger partial charge in [0, 0.05) is 17.5 Å². The van der Waals surface area contributed by atoms with Crippen molar-refractivity contribution in [2.24, 2.45) is 5.92 Å². The van der Waals surface area contributed by atoms with Crippen LogP contribution in [0.15, 0.2) is 48.1 Å². The van der Waals surface area contributed by atoms with Crippen LogP contribution in [0, 0.1) is 5.92 Å². The summed E-state index contributed by atoms with van der Waals surface area (Å²) in [5.74, 6) is 0.654. The minimum Gasteiger partial charge on any atom is -0.300 e. The van der Waals surface area contributed by atoms with E-state index in [0.29, 0.717) is 12.0 Å². The highest BCUT2D eigenvalue weighted by Gasteiger charge is 2.51. The average Bonchev–Trinajstić information content (AvgIpc) is 2.61. The molecule has 2 bridgehead atoms. The van der Waals surface area contributed by atoms with Crippen LogP contribution < -0.4 is 5.32 Å². The van der Waals surface area contributed by atoms with Gasteiger partial charge in [-0.05, 0) is 36.5 Å². The summed E-state index contributed by atoms with van der Waals surface area (Å²) in [5.41, 5.74) is 4.82. The summed E-state index contributed by atoms with van der Waals surface area (Å²) in [6.45, 7) is 2.38. The summed E-state index contributed by atoms with van der Waals surface area (Å²) in [6.07, 6.45) is 9.21. The zero-order valence-corrected chi connectivity index (χ0v) is 11.3. The van der Waals surface area contributed by atoms with Gasteiger partial charge >= 0.3 is 0 Å². The van der Waals surface area contributed by atoms with Crippen molar-refractivity contribution >= 4 is 12.4 Å². The molecule has 0 spiro atoms. The van der Waals surface area contributed by atoms with Gasteiger partial charge in [0.2, 0.25) is 0 Å². The molecule has 2 aliphatic heterocycles. The number of halogens is 1. The van der Waals surface area contributed by atoms with Crippen LogP contribution in [-0.4, -0.2) is 6.04 Å². The van der Waals surface area contributed by atoms with Crippen LogP contribution in [0.1, 0.15) is 24.5 Å². The predicted octanol–water partition coefficient (Wildman–Crippen LogP) is 3.35. The van der Waals surface area contributed by atoms with E-state index in [2.05, 4.69) is 54.7 Å². The molecule has 1 aliphatic carbocycles. The van der Waals surface area contributed by atoms with E-state index < -0.39 is 0 Å². The molecule has 0 radical (unpaired) electrons. The van der Waals surface area contributed by atoms with E-state index >= 15 is 0 Å². The molecule has 1 saturated heterocycles. The molecule has 1 aromatic rings. The van der Waals surface area contributed by atoms with Crippen LogP contribution in [0.3, 0.4) is 0 Å². The van der Waals surface area contributed by atoms with Crippen LogP contribution in [0.4, 0.5) is 0 Å². The van der Waals surface area contributed by atoms with Gasteiger partial charge in [-0.1, -0.05) is 42.5 Å². The summed E-state index contributed by atoms with van der Waals surface area (Å²) in [6, 6.07) is 9.51. The molecule has 2 heteroatoms. The van der Waals surface area contributed by atoms with Gasteiger partial charge in [0.15, 0.2) is 0 Å². The lowest BCUT2D eigenvalue weighted by molar-refractivity contribution is 0.306. The normalized spacial score (nSPS) is 35.3. The highest BCUT2D eigenvalue weighted by atomic mass is 35.5. The smallest absolute Gasteiger partial charge is 0.0483 e. The van der Waals surface area contributed by atoms with Gasteiger partial charge in [0.05, 0.1) is 0 Å². The van der Waals surface area contributed by atoms with Crippen molar-refractivity contribution in [1.29, 1.82) is 0 Å². The van der Waals surface area contributed by atoms with Gasteiger partial charge in [-0.2, -0.15) is 0 Å². The highest BCUT2D eigenvalue weighted by molar-refractivity contribution is 5.85. The first-order valence-corrected chi connectivity index (χ1v) is 6.52. The minimum atomic E-state index is 0. The molecule has 1 nitrogen and oxygen atoms in total. The fourth-order valence-corrected chi connectivity index (χ4v) is 3.98. The van der Waals surface area contributed by atoms with Crippen LogP contribution in [0.2, 0.25) is 0 Å². The molecule has 18 heavy (non-hydrogen) atoms. The van der Waals surface area contributed by atoms with Gasteiger partial charge in [-0.15, -0.1) is 12.4 Å². The molecule has 3 unspecified atom stereocenters. The zero-order valence-electron chi connectivity index (χ0n) is 10.5. The quantitative estimate of drug-likeness (QED) is 0.754. The second kappa shape index (κ2) is 3.97. The minimum absolute atomic E-state index is 0. The first kappa shape index (κ1) is 12.0. The van der Waals surface area contributed by atoms with E-state index in [1.165, 1.54) is 17.5 Å². The van der Waals surface area contributed by atoms with Crippen molar-refractivity contribution in [1.82, 2.24) is 5.32 Å². The first-order chi connectivity index (χ1) is 8.29. The van der Waals surface area contributed by atoms with Crippen molar-refractivity contribution in [3.8, 4) is 0 Å². The maximum atomic E-state index is 3.86. The third-order valence-corrected chi connectivity index (χ3v) is 4.77. The molecule has 1 aromatic carbocycles. The third kappa shape index (κ3) is 1.38. The molecule has 94 valence electrons. The number of allylic oxidation sites excluding steroid dienone is 3. The van der Waals surface area contributed by atoms with Crippen LogP contribution >= 0.6 is 12.4 Å². The Labute approximate surface area is 114 Å². The molecule has 3 aliphatic rings. The first-order valence-electron chi connectivity index (χ1n) is 6.52. The van der Waals surface area contributed by atoms with Gasteiger partial charge < -0.3 is 5.32 Å². The van der Waals surface area contributed by atoms with E-state index in [4.69, 9.17) is 0 Å². The third-order valence-electron chi connectivity index (χ3n) is 4.77. The molecule has 1 N–H and O–H groups in total. The number of fused-ring (bicyclic) bond motifs is 7. The number of hydrogen-bond donors (Lipinski definition) is 1. The SMILES string of the molecule is CC12NC(Cc3ccccc31)C1=CC=CCC12.Cl. The van der Waals surface area contributed by atoms with Gasteiger partial charge in [-0.3, -0.25) is 0 Å². The maximum Gasteiger partial charge on any atom is 0.0483 e. The van der Waals surface area contributed by atoms with E-state index in [-0.39, 0.29) is 17.9 Å². The van der Waals surface area contributed by atoms with Crippen molar-refractivity contribution < 1.29 is 0 Å². The molecule has 4 rings (SSSR count). The molecule has 2 heterocycles. The lowest BCUT2D eigenvalue weighted by Gasteiger charge is -2.36. The Morgan fingerprint density at radius 2 is 2.11 bits per heavy atom. The van der Waals surface area contributed by atoms with E-state index in [0.717, 1.165) is 6.42 Å². The topological polar surface area (TPSA) is 12.0 Å². The monoisotopic (exact) mass is 259 g/mol. The molecule has 0 saturated carbocycles. The Balaban J connectivity index is 0.000001000. The Morgan fingerprint density at radius 3 is 3.00 bits per heavy atom. The molecule has 0 aromatic heterocycles. The summed E-state index contributed by atoms with van der Waals surface area (Å²) in [4.78, 5) is 0.